The largest absolute Gasteiger partial charge is 0.380 e. The molecule has 0 saturated carbocycles. The third-order valence-electron chi connectivity index (χ3n) is 3.59. The highest BCUT2D eigenvalue weighted by atomic mass is 16.5. The topological polar surface area (TPSA) is 74.8 Å². The average Bonchev–Trinajstić information content (AvgIpc) is 2.54. The number of ether oxygens (including phenoxy) is 1. The quantitative estimate of drug-likeness (QED) is 0.421. The number of guanidine groups is 1. The normalized spacial score (nSPS) is 17.6. The van der Waals surface area contributed by atoms with E-state index in [0.717, 1.165) is 11.6 Å². The number of rotatable bonds is 6. The second kappa shape index (κ2) is 8.38. The van der Waals surface area contributed by atoms with E-state index in [1.807, 2.05) is 25.1 Å². The van der Waals surface area contributed by atoms with Gasteiger partial charge in [-0.15, -0.1) is 0 Å². The molecule has 1 aromatic rings. The highest BCUT2D eigenvalue weighted by Gasteiger charge is 2.24. The van der Waals surface area contributed by atoms with Gasteiger partial charge >= 0.3 is 0 Å². The first kappa shape index (κ1) is 16.3. The van der Waals surface area contributed by atoms with E-state index in [4.69, 9.17) is 4.74 Å². The van der Waals surface area contributed by atoms with E-state index in [9.17, 15) is 4.79 Å². The Morgan fingerprint density at radius 1 is 1.41 bits per heavy atom. The summed E-state index contributed by atoms with van der Waals surface area (Å²) in [6, 6.07) is 7.93. The Morgan fingerprint density at radius 3 is 3.00 bits per heavy atom. The molecule has 1 heterocycles. The van der Waals surface area contributed by atoms with Gasteiger partial charge in [-0.25, -0.2) is 0 Å². The zero-order valence-electron chi connectivity index (χ0n) is 13.2. The van der Waals surface area contributed by atoms with Crippen molar-refractivity contribution in [2.24, 2.45) is 4.99 Å². The van der Waals surface area contributed by atoms with Crippen molar-refractivity contribution in [3.05, 3.63) is 29.8 Å². The molecule has 0 aromatic heterocycles. The number of nitrogens with zero attached hydrogens (tertiary/aromatic N) is 1. The smallest absolute Gasteiger partial charge is 0.225 e. The third-order valence-corrected chi connectivity index (χ3v) is 3.59. The van der Waals surface area contributed by atoms with Crippen LogP contribution < -0.4 is 16.0 Å². The molecule has 120 valence electrons. The first-order valence-electron chi connectivity index (χ1n) is 7.65. The summed E-state index contributed by atoms with van der Waals surface area (Å²) < 4.78 is 5.29. The van der Waals surface area contributed by atoms with Crippen molar-refractivity contribution in [1.82, 2.24) is 10.6 Å². The minimum atomic E-state index is 0.0600. The summed E-state index contributed by atoms with van der Waals surface area (Å²) >= 11 is 0. The molecule has 0 spiro atoms. The molecule has 1 unspecified atom stereocenters. The van der Waals surface area contributed by atoms with E-state index in [-0.39, 0.29) is 11.8 Å². The summed E-state index contributed by atoms with van der Waals surface area (Å²) in [5.41, 5.74) is 2.07. The fourth-order valence-electron chi connectivity index (χ4n) is 2.51. The number of hydrogen-bond acceptors (Lipinski definition) is 3. The number of aliphatic imine (C=N–C) groups is 1. The van der Waals surface area contributed by atoms with Gasteiger partial charge in [-0.1, -0.05) is 18.2 Å². The molecule has 0 bridgehead atoms. The average molecular weight is 304 g/mol. The standard InChI is InChI=1S/C16H24N4O2/c1-3-22-9-8-18-16(17-2)19-11-12-10-15(21)20-14-7-5-4-6-13(12)14/h4-7,12H,3,8-11H2,1-2H3,(H,20,21)(H2,17,18,19). The molecule has 6 heteroatoms. The molecule has 0 saturated heterocycles. The Hall–Kier alpha value is -2.08. The summed E-state index contributed by atoms with van der Waals surface area (Å²) in [5.74, 6) is 0.934. The van der Waals surface area contributed by atoms with Crippen LogP contribution in [0, 0.1) is 0 Å². The lowest BCUT2D eigenvalue weighted by atomic mass is 9.90. The number of para-hydroxylation sites is 1. The van der Waals surface area contributed by atoms with Crippen LogP contribution in [-0.4, -0.2) is 45.2 Å². The van der Waals surface area contributed by atoms with E-state index >= 15 is 0 Å². The number of nitrogens with one attached hydrogen (secondary N) is 3. The number of amides is 1. The summed E-state index contributed by atoms with van der Waals surface area (Å²) in [5, 5.41) is 9.38. The van der Waals surface area contributed by atoms with Gasteiger partial charge in [-0.05, 0) is 18.6 Å². The molecule has 0 fully saturated rings. The maximum atomic E-state index is 11.8. The molecule has 0 aliphatic carbocycles. The van der Waals surface area contributed by atoms with Gasteiger partial charge in [0.1, 0.15) is 0 Å². The van der Waals surface area contributed by atoms with Crippen molar-refractivity contribution >= 4 is 17.6 Å². The molecule has 22 heavy (non-hydrogen) atoms. The first-order chi connectivity index (χ1) is 10.7. The van der Waals surface area contributed by atoms with E-state index in [2.05, 4.69) is 27.0 Å². The Morgan fingerprint density at radius 2 is 2.23 bits per heavy atom. The Labute approximate surface area is 131 Å². The lowest BCUT2D eigenvalue weighted by Gasteiger charge is -2.26. The van der Waals surface area contributed by atoms with Crippen LogP contribution in [0.2, 0.25) is 0 Å². The molecule has 6 nitrogen and oxygen atoms in total. The van der Waals surface area contributed by atoms with Crippen LogP contribution in [0.5, 0.6) is 0 Å². The zero-order chi connectivity index (χ0) is 15.8. The van der Waals surface area contributed by atoms with Crippen molar-refractivity contribution < 1.29 is 9.53 Å². The second-order valence-electron chi connectivity index (χ2n) is 5.11. The Balaban J connectivity index is 1.89. The molecule has 1 aliphatic heterocycles. The van der Waals surface area contributed by atoms with Gasteiger partial charge in [0.2, 0.25) is 5.91 Å². The molecule has 1 aliphatic rings. The predicted octanol–water partition coefficient (Wildman–Crippen LogP) is 1.31. The summed E-state index contributed by atoms with van der Waals surface area (Å²) in [6.45, 7) is 4.69. The SMILES string of the molecule is CCOCCNC(=NC)NCC1CC(=O)Nc2ccccc21. The van der Waals surface area contributed by atoms with Gasteiger partial charge in [-0.2, -0.15) is 0 Å². The summed E-state index contributed by atoms with van der Waals surface area (Å²) in [4.78, 5) is 16.0. The number of hydrogen-bond donors (Lipinski definition) is 3. The molecular formula is C16H24N4O2. The first-order valence-corrected chi connectivity index (χ1v) is 7.65. The van der Waals surface area contributed by atoms with Crippen molar-refractivity contribution in [2.75, 3.05) is 38.7 Å². The fourth-order valence-corrected chi connectivity index (χ4v) is 2.51. The predicted molar refractivity (Wildman–Crippen MR) is 88.3 cm³/mol. The number of benzene rings is 1. The summed E-state index contributed by atoms with van der Waals surface area (Å²) in [7, 11) is 1.73. The lowest BCUT2D eigenvalue weighted by molar-refractivity contribution is -0.116. The molecule has 2 rings (SSSR count). The Kier molecular flexibility index (Phi) is 6.21. The van der Waals surface area contributed by atoms with Gasteiger partial charge in [0.05, 0.1) is 6.61 Å². The Bertz CT molecular complexity index is 531. The molecule has 1 aromatic carbocycles. The second-order valence-corrected chi connectivity index (χ2v) is 5.11. The number of fused-ring (bicyclic) bond motifs is 1. The van der Waals surface area contributed by atoms with Crippen molar-refractivity contribution in [3.63, 3.8) is 0 Å². The van der Waals surface area contributed by atoms with Crippen LogP contribution in [0.15, 0.2) is 29.3 Å². The summed E-state index contributed by atoms with van der Waals surface area (Å²) in [6.07, 6.45) is 0.486. The van der Waals surface area contributed by atoms with Crippen LogP contribution >= 0.6 is 0 Å². The van der Waals surface area contributed by atoms with Gasteiger partial charge in [0.15, 0.2) is 5.96 Å². The lowest BCUT2D eigenvalue weighted by Crippen LogP contribution is -2.41. The highest BCUT2D eigenvalue weighted by molar-refractivity contribution is 5.94. The molecule has 3 N–H and O–H groups in total. The van der Waals surface area contributed by atoms with E-state index in [1.165, 1.54) is 5.56 Å². The van der Waals surface area contributed by atoms with Crippen molar-refractivity contribution in [2.45, 2.75) is 19.3 Å². The van der Waals surface area contributed by atoms with Crippen LogP contribution in [0.1, 0.15) is 24.8 Å². The van der Waals surface area contributed by atoms with Crippen LogP contribution in [-0.2, 0) is 9.53 Å². The van der Waals surface area contributed by atoms with Gasteiger partial charge in [0, 0.05) is 44.8 Å². The van der Waals surface area contributed by atoms with Crippen LogP contribution in [0.3, 0.4) is 0 Å². The zero-order valence-corrected chi connectivity index (χ0v) is 13.2. The molecular weight excluding hydrogens is 280 g/mol. The highest BCUT2D eigenvalue weighted by Crippen LogP contribution is 2.31. The van der Waals surface area contributed by atoms with Crippen LogP contribution in [0.25, 0.3) is 0 Å². The number of carbonyl (C=O) groups excluding carboxylic acids is 1. The van der Waals surface area contributed by atoms with E-state index in [0.29, 0.717) is 32.7 Å². The van der Waals surface area contributed by atoms with E-state index in [1.54, 1.807) is 7.05 Å². The third kappa shape index (κ3) is 4.46. The van der Waals surface area contributed by atoms with Gasteiger partial charge in [0.25, 0.3) is 0 Å². The molecule has 1 atom stereocenters. The number of anilines is 1. The van der Waals surface area contributed by atoms with Crippen molar-refractivity contribution in [3.8, 4) is 0 Å². The van der Waals surface area contributed by atoms with Crippen molar-refractivity contribution in [1.29, 1.82) is 0 Å². The fraction of sp³-hybridized carbons (Fsp3) is 0.500. The van der Waals surface area contributed by atoms with Crippen LogP contribution in [0.4, 0.5) is 5.69 Å². The maximum Gasteiger partial charge on any atom is 0.225 e. The van der Waals surface area contributed by atoms with Gasteiger partial charge < -0.3 is 20.7 Å². The van der Waals surface area contributed by atoms with Gasteiger partial charge in [-0.3, -0.25) is 9.79 Å². The minimum Gasteiger partial charge on any atom is -0.380 e. The monoisotopic (exact) mass is 304 g/mol. The maximum absolute atomic E-state index is 11.8. The number of carbonyl (C=O) groups is 1. The van der Waals surface area contributed by atoms with E-state index < -0.39 is 0 Å². The molecule has 1 amide bonds. The minimum absolute atomic E-state index is 0.0600. The molecule has 0 radical (unpaired) electrons.